The van der Waals surface area contributed by atoms with E-state index in [-0.39, 0.29) is 23.2 Å². The molecule has 0 aliphatic carbocycles. The second kappa shape index (κ2) is 4.89. The van der Waals surface area contributed by atoms with Crippen molar-refractivity contribution < 1.29 is 9.90 Å². The first-order valence-electron chi connectivity index (χ1n) is 5.42. The van der Waals surface area contributed by atoms with Crippen LogP contribution in [0.1, 0.15) is 24.4 Å². The summed E-state index contributed by atoms with van der Waals surface area (Å²) in [7, 11) is 0. The second-order valence-corrected chi connectivity index (χ2v) is 4.54. The molecule has 0 bridgehead atoms. The van der Waals surface area contributed by atoms with Gasteiger partial charge in [0.25, 0.3) is 5.56 Å². The van der Waals surface area contributed by atoms with Gasteiger partial charge in [0, 0.05) is 12.2 Å². The van der Waals surface area contributed by atoms with Gasteiger partial charge in [-0.25, -0.2) is 0 Å². The van der Waals surface area contributed by atoms with Crippen LogP contribution in [-0.4, -0.2) is 34.0 Å². The average Bonchev–Trinajstić information content (AvgIpc) is 2.69. The number of carbonyl (C=O) groups is 1. The lowest BCUT2D eigenvalue weighted by molar-refractivity contribution is -0.138. The largest absolute Gasteiger partial charge is 0.480 e. The number of hydrogen-bond donors (Lipinski definition) is 2. The molecule has 2 rings (SSSR count). The van der Waals surface area contributed by atoms with Crippen molar-refractivity contribution in [2.45, 2.75) is 18.9 Å². The van der Waals surface area contributed by atoms with E-state index >= 15 is 0 Å². The molecule has 6 heteroatoms. The minimum Gasteiger partial charge on any atom is -0.480 e. The number of halogens is 1. The van der Waals surface area contributed by atoms with Gasteiger partial charge < -0.3 is 10.1 Å². The quantitative estimate of drug-likeness (QED) is 0.854. The summed E-state index contributed by atoms with van der Waals surface area (Å²) in [6, 6.07) is 1.64. The fraction of sp³-hybridized carbons (Fsp3) is 0.455. The van der Waals surface area contributed by atoms with Gasteiger partial charge in [0.2, 0.25) is 0 Å². The fourth-order valence-electron chi connectivity index (χ4n) is 2.23. The fourth-order valence-corrected chi connectivity index (χ4v) is 2.41. The number of nitrogens with zero attached hydrogens (tertiary/aromatic N) is 1. The maximum atomic E-state index is 11.2. The maximum absolute atomic E-state index is 11.2. The molecule has 0 saturated carbocycles. The van der Waals surface area contributed by atoms with Gasteiger partial charge in [0.15, 0.2) is 0 Å². The van der Waals surface area contributed by atoms with Crippen molar-refractivity contribution in [2.24, 2.45) is 0 Å². The van der Waals surface area contributed by atoms with Crippen LogP contribution in [0.2, 0.25) is 5.02 Å². The van der Waals surface area contributed by atoms with Crippen molar-refractivity contribution in [3.8, 4) is 0 Å². The van der Waals surface area contributed by atoms with E-state index in [0.717, 1.165) is 24.9 Å². The summed E-state index contributed by atoms with van der Waals surface area (Å²) >= 11 is 5.77. The number of H-pyrrole nitrogens is 1. The zero-order valence-corrected chi connectivity index (χ0v) is 9.91. The van der Waals surface area contributed by atoms with Crippen LogP contribution in [0.5, 0.6) is 0 Å². The molecule has 1 aromatic heterocycles. The molecule has 1 fully saturated rings. The van der Waals surface area contributed by atoms with Gasteiger partial charge in [0.1, 0.15) is 5.02 Å². The first-order valence-corrected chi connectivity index (χ1v) is 5.79. The third-order valence-electron chi connectivity index (χ3n) is 2.97. The Bertz CT molecular complexity index is 486. The highest BCUT2D eigenvalue weighted by Crippen LogP contribution is 2.31. The molecule has 5 nitrogen and oxygen atoms in total. The summed E-state index contributed by atoms with van der Waals surface area (Å²) in [4.78, 5) is 26.3. The van der Waals surface area contributed by atoms with Gasteiger partial charge >= 0.3 is 5.97 Å². The van der Waals surface area contributed by atoms with Crippen molar-refractivity contribution in [3.05, 3.63) is 33.2 Å². The molecule has 0 spiro atoms. The van der Waals surface area contributed by atoms with Crippen LogP contribution in [-0.2, 0) is 4.79 Å². The highest BCUT2D eigenvalue weighted by Gasteiger charge is 2.27. The zero-order chi connectivity index (χ0) is 12.4. The number of likely N-dealkylation sites (tertiary alicyclic amines) is 1. The summed E-state index contributed by atoms with van der Waals surface area (Å²) in [6.07, 6.45) is 3.45. The number of aliphatic carboxylic acids is 1. The lowest BCUT2D eigenvalue weighted by atomic mass is 10.1. The minimum absolute atomic E-state index is 0.0153. The van der Waals surface area contributed by atoms with Crippen molar-refractivity contribution in [3.63, 3.8) is 0 Å². The Kier molecular flexibility index (Phi) is 3.49. The summed E-state index contributed by atoms with van der Waals surface area (Å²) in [6.45, 7) is 0.773. The third kappa shape index (κ3) is 2.68. The lowest BCUT2D eigenvalue weighted by Gasteiger charge is -2.22. The summed E-state index contributed by atoms with van der Waals surface area (Å²) in [5.41, 5.74) is 0.548. The molecule has 2 heterocycles. The van der Waals surface area contributed by atoms with E-state index in [1.54, 1.807) is 12.3 Å². The lowest BCUT2D eigenvalue weighted by Crippen LogP contribution is -2.29. The summed E-state index contributed by atoms with van der Waals surface area (Å²) < 4.78 is 0. The van der Waals surface area contributed by atoms with Crippen molar-refractivity contribution >= 4 is 17.6 Å². The third-order valence-corrected chi connectivity index (χ3v) is 3.25. The van der Waals surface area contributed by atoms with Gasteiger partial charge in [0.05, 0.1) is 6.54 Å². The van der Waals surface area contributed by atoms with Crippen LogP contribution in [0, 0.1) is 0 Å². The van der Waals surface area contributed by atoms with E-state index in [4.69, 9.17) is 16.7 Å². The van der Waals surface area contributed by atoms with Crippen LogP contribution < -0.4 is 5.56 Å². The molecule has 2 N–H and O–H groups in total. The second-order valence-electron chi connectivity index (χ2n) is 4.13. The predicted octanol–water partition coefficient (Wildman–Crippen LogP) is 1.25. The van der Waals surface area contributed by atoms with Gasteiger partial charge in [-0.15, -0.1) is 0 Å². The number of carboxylic acid groups (broad SMARTS) is 1. The minimum atomic E-state index is -0.840. The number of carboxylic acids is 1. The molecular formula is C11H13ClN2O3. The molecule has 0 radical (unpaired) electrons. The molecule has 92 valence electrons. The summed E-state index contributed by atoms with van der Waals surface area (Å²) in [5, 5.41) is 8.95. The standard InChI is InChI=1S/C11H13ClN2O3/c12-8-4-7(5-13-11(8)17)9-2-1-3-14(9)6-10(15)16/h4-5,9H,1-3,6H2,(H,13,17)(H,15,16). The van der Waals surface area contributed by atoms with Crippen LogP contribution in [0.25, 0.3) is 0 Å². The van der Waals surface area contributed by atoms with E-state index in [2.05, 4.69) is 4.98 Å². The normalized spacial score (nSPS) is 20.6. The van der Waals surface area contributed by atoms with Gasteiger partial charge in [-0.05, 0) is 31.0 Å². The van der Waals surface area contributed by atoms with Crippen LogP contribution in [0.3, 0.4) is 0 Å². The van der Waals surface area contributed by atoms with E-state index in [1.807, 2.05) is 4.90 Å². The Hall–Kier alpha value is -1.33. The van der Waals surface area contributed by atoms with Gasteiger partial charge in [-0.1, -0.05) is 11.6 Å². The Balaban J connectivity index is 2.22. The number of nitrogens with one attached hydrogen (secondary N) is 1. The number of aromatic nitrogens is 1. The molecule has 1 aliphatic heterocycles. The Morgan fingerprint density at radius 3 is 3.06 bits per heavy atom. The predicted molar refractivity (Wildman–Crippen MR) is 63.3 cm³/mol. The molecule has 1 atom stereocenters. The van der Waals surface area contributed by atoms with E-state index < -0.39 is 5.97 Å². The number of pyridine rings is 1. The molecular weight excluding hydrogens is 244 g/mol. The first kappa shape index (κ1) is 12.1. The van der Waals surface area contributed by atoms with Crippen LogP contribution in [0.4, 0.5) is 0 Å². The first-order chi connectivity index (χ1) is 8.08. The van der Waals surface area contributed by atoms with Crippen LogP contribution in [0.15, 0.2) is 17.1 Å². The highest BCUT2D eigenvalue weighted by molar-refractivity contribution is 6.30. The van der Waals surface area contributed by atoms with Gasteiger partial charge in [-0.2, -0.15) is 0 Å². The van der Waals surface area contributed by atoms with E-state index in [9.17, 15) is 9.59 Å². The number of hydrogen-bond acceptors (Lipinski definition) is 3. The maximum Gasteiger partial charge on any atom is 0.317 e. The molecule has 1 aliphatic rings. The number of aromatic amines is 1. The molecule has 1 aromatic rings. The van der Waals surface area contributed by atoms with E-state index in [1.165, 1.54) is 0 Å². The monoisotopic (exact) mass is 256 g/mol. The highest BCUT2D eigenvalue weighted by atomic mass is 35.5. The SMILES string of the molecule is O=C(O)CN1CCCC1c1c[nH]c(=O)c(Cl)c1. The van der Waals surface area contributed by atoms with Crippen molar-refractivity contribution in [1.82, 2.24) is 9.88 Å². The Morgan fingerprint density at radius 2 is 2.41 bits per heavy atom. The number of rotatable bonds is 3. The van der Waals surface area contributed by atoms with Crippen LogP contribution >= 0.6 is 11.6 Å². The molecule has 1 unspecified atom stereocenters. The van der Waals surface area contributed by atoms with Crippen molar-refractivity contribution in [1.29, 1.82) is 0 Å². The topological polar surface area (TPSA) is 73.4 Å². The molecule has 1 saturated heterocycles. The van der Waals surface area contributed by atoms with Gasteiger partial charge in [-0.3, -0.25) is 14.5 Å². The zero-order valence-electron chi connectivity index (χ0n) is 9.15. The molecule has 0 amide bonds. The average molecular weight is 257 g/mol. The van der Waals surface area contributed by atoms with Crippen molar-refractivity contribution in [2.75, 3.05) is 13.1 Å². The Labute approximate surface area is 103 Å². The Morgan fingerprint density at radius 1 is 1.65 bits per heavy atom. The van der Waals surface area contributed by atoms with E-state index in [0.29, 0.717) is 0 Å². The summed E-state index contributed by atoms with van der Waals surface area (Å²) in [5.74, 6) is -0.840. The smallest absolute Gasteiger partial charge is 0.317 e. The molecule has 17 heavy (non-hydrogen) atoms. The molecule has 0 aromatic carbocycles.